The minimum atomic E-state index is -0.261. The molecule has 2 N–H and O–H groups in total. The molecule has 156 valence electrons. The lowest BCUT2D eigenvalue weighted by atomic mass is 10.1. The maximum atomic E-state index is 12.8. The van der Waals surface area contributed by atoms with Crippen molar-refractivity contribution in [2.75, 3.05) is 27.4 Å². The van der Waals surface area contributed by atoms with Gasteiger partial charge in [-0.3, -0.25) is 14.7 Å². The van der Waals surface area contributed by atoms with Gasteiger partial charge in [0.15, 0.2) is 5.82 Å². The highest BCUT2D eigenvalue weighted by molar-refractivity contribution is 5.94. The molecule has 9 nitrogen and oxygen atoms in total. The predicted molar refractivity (Wildman–Crippen MR) is 110 cm³/mol. The summed E-state index contributed by atoms with van der Waals surface area (Å²) in [5.74, 6) is 0.619. The Balaban J connectivity index is 1.48. The maximum Gasteiger partial charge on any atom is 0.280 e. The van der Waals surface area contributed by atoms with E-state index in [9.17, 15) is 9.59 Å². The normalized spacial score (nSPS) is 14.3. The highest BCUT2D eigenvalue weighted by Gasteiger charge is 2.42. The number of H-pyrrole nitrogens is 1. The summed E-state index contributed by atoms with van der Waals surface area (Å²) in [7, 11) is 3.19. The van der Waals surface area contributed by atoms with E-state index in [1.165, 1.54) is 18.0 Å². The van der Waals surface area contributed by atoms with E-state index in [1.54, 1.807) is 43.8 Å². The molecular weight excluding hydrogens is 386 g/mol. The number of amides is 1. The molecule has 4 rings (SSSR count). The van der Waals surface area contributed by atoms with Crippen LogP contribution in [0, 0.1) is 5.41 Å². The summed E-state index contributed by atoms with van der Waals surface area (Å²) in [4.78, 5) is 33.5. The number of hydrogen-bond donors (Lipinski definition) is 2. The first kappa shape index (κ1) is 19.8. The molecule has 1 aliphatic carbocycles. The Bertz CT molecular complexity index is 1100. The molecule has 0 saturated heterocycles. The second kappa shape index (κ2) is 8.11. The zero-order valence-corrected chi connectivity index (χ0v) is 16.8. The average molecular weight is 409 g/mol. The van der Waals surface area contributed by atoms with Gasteiger partial charge in [0, 0.05) is 43.7 Å². The molecule has 1 fully saturated rings. The summed E-state index contributed by atoms with van der Waals surface area (Å²) in [6.45, 7) is 1.22. The number of pyridine rings is 2. The van der Waals surface area contributed by atoms with Crippen LogP contribution in [0.1, 0.15) is 23.2 Å². The van der Waals surface area contributed by atoms with Crippen molar-refractivity contribution in [2.24, 2.45) is 5.41 Å². The molecule has 0 unspecified atom stereocenters. The van der Waals surface area contributed by atoms with E-state index in [2.05, 4.69) is 20.4 Å². The monoisotopic (exact) mass is 409 g/mol. The number of carbonyl (C=O) groups is 1. The molecule has 0 aromatic carbocycles. The van der Waals surface area contributed by atoms with Gasteiger partial charge in [0.1, 0.15) is 0 Å². The second-order valence-corrected chi connectivity index (χ2v) is 7.44. The summed E-state index contributed by atoms with van der Waals surface area (Å²) in [5.41, 5.74) is 1.39. The van der Waals surface area contributed by atoms with Crippen molar-refractivity contribution in [3.63, 3.8) is 0 Å². The number of rotatable bonds is 8. The van der Waals surface area contributed by atoms with Crippen LogP contribution in [0.3, 0.4) is 0 Å². The van der Waals surface area contributed by atoms with Crippen LogP contribution >= 0.6 is 0 Å². The zero-order valence-electron chi connectivity index (χ0n) is 16.8. The Morgan fingerprint density at radius 3 is 2.77 bits per heavy atom. The number of hydrogen-bond acceptors (Lipinski definition) is 6. The average Bonchev–Trinajstić information content (AvgIpc) is 3.44. The highest BCUT2D eigenvalue weighted by Crippen LogP contribution is 2.45. The van der Waals surface area contributed by atoms with Gasteiger partial charge in [-0.25, -0.2) is 14.6 Å². The molecule has 9 heteroatoms. The molecule has 1 saturated carbocycles. The van der Waals surface area contributed by atoms with Gasteiger partial charge in [-0.05, 0) is 36.6 Å². The van der Waals surface area contributed by atoms with E-state index < -0.39 is 0 Å². The molecule has 0 radical (unpaired) electrons. The molecule has 3 heterocycles. The Labute approximate surface area is 173 Å². The fourth-order valence-electron chi connectivity index (χ4n) is 3.31. The van der Waals surface area contributed by atoms with Crippen LogP contribution < -0.4 is 15.6 Å². The molecule has 1 aliphatic rings. The molecule has 30 heavy (non-hydrogen) atoms. The van der Waals surface area contributed by atoms with Gasteiger partial charge in [-0.2, -0.15) is 0 Å². The first-order valence-electron chi connectivity index (χ1n) is 9.60. The lowest BCUT2D eigenvalue weighted by molar-refractivity contribution is 0.0919. The summed E-state index contributed by atoms with van der Waals surface area (Å²) in [5, 5.41) is 5.85. The number of nitrogens with zero attached hydrogens (tertiary/aromatic N) is 3. The molecule has 1 amide bonds. The minimum Gasteiger partial charge on any atom is -0.481 e. The summed E-state index contributed by atoms with van der Waals surface area (Å²) in [6.07, 6.45) is 6.75. The van der Waals surface area contributed by atoms with E-state index in [0.717, 1.165) is 12.8 Å². The van der Waals surface area contributed by atoms with Crippen LogP contribution in [0.5, 0.6) is 5.88 Å². The molecule has 0 atom stereocenters. The quantitative estimate of drug-likeness (QED) is 0.587. The second-order valence-electron chi connectivity index (χ2n) is 7.44. The van der Waals surface area contributed by atoms with Crippen LogP contribution in [0.15, 0.2) is 47.7 Å². The zero-order chi connectivity index (χ0) is 21.1. The first-order chi connectivity index (χ1) is 14.5. The van der Waals surface area contributed by atoms with Gasteiger partial charge in [-0.15, -0.1) is 0 Å². The van der Waals surface area contributed by atoms with Crippen LogP contribution in [0.4, 0.5) is 0 Å². The number of nitrogens with one attached hydrogen (secondary N) is 2. The van der Waals surface area contributed by atoms with E-state index in [1.807, 2.05) is 0 Å². The van der Waals surface area contributed by atoms with E-state index in [-0.39, 0.29) is 16.9 Å². The fourth-order valence-corrected chi connectivity index (χ4v) is 3.31. The smallest absolute Gasteiger partial charge is 0.280 e. The van der Waals surface area contributed by atoms with Crippen LogP contribution in [0.2, 0.25) is 0 Å². The first-order valence-corrected chi connectivity index (χ1v) is 9.60. The maximum absolute atomic E-state index is 12.8. The summed E-state index contributed by atoms with van der Waals surface area (Å²) >= 11 is 0. The fraction of sp³-hybridized carbons (Fsp3) is 0.333. The Hall–Kier alpha value is -3.46. The number of carbonyl (C=O) groups excluding carboxylic acids is 1. The van der Waals surface area contributed by atoms with Gasteiger partial charge in [0.2, 0.25) is 5.88 Å². The SMILES string of the molecule is COCC1(CNC(=O)c2ccc(-n3[nH]cc(-c4ccnc(OC)c4)c3=O)nc2)CC1. The Kier molecular flexibility index (Phi) is 5.37. The summed E-state index contributed by atoms with van der Waals surface area (Å²) in [6, 6.07) is 6.70. The van der Waals surface area contributed by atoms with E-state index in [4.69, 9.17) is 9.47 Å². The Morgan fingerprint density at radius 1 is 1.27 bits per heavy atom. The molecule has 0 bridgehead atoms. The molecular formula is C21H23N5O4. The lowest BCUT2D eigenvalue weighted by Gasteiger charge is -2.14. The molecule has 3 aromatic heterocycles. The van der Waals surface area contributed by atoms with Crippen molar-refractivity contribution in [1.29, 1.82) is 0 Å². The molecule has 0 aliphatic heterocycles. The number of aromatic nitrogens is 4. The largest absolute Gasteiger partial charge is 0.481 e. The topological polar surface area (TPSA) is 111 Å². The Morgan fingerprint density at radius 2 is 2.10 bits per heavy atom. The van der Waals surface area contributed by atoms with Crippen LogP contribution in [0.25, 0.3) is 16.9 Å². The van der Waals surface area contributed by atoms with Crippen molar-refractivity contribution in [3.05, 3.63) is 58.8 Å². The number of methoxy groups -OCH3 is 2. The van der Waals surface area contributed by atoms with Gasteiger partial charge in [0.05, 0.1) is 24.8 Å². The van der Waals surface area contributed by atoms with E-state index >= 15 is 0 Å². The third-order valence-electron chi connectivity index (χ3n) is 5.30. The number of aromatic amines is 1. The third-order valence-corrected chi connectivity index (χ3v) is 5.30. The van der Waals surface area contributed by atoms with Gasteiger partial charge in [-0.1, -0.05) is 0 Å². The van der Waals surface area contributed by atoms with Gasteiger partial charge >= 0.3 is 0 Å². The standard InChI is InChI=1S/C21H23N5O4/c1-29-13-21(6-7-21)12-24-19(27)15-3-4-17(23-10-15)26-20(28)16(11-25-26)14-5-8-22-18(9-14)30-2/h3-5,8-11,25H,6-7,12-13H2,1-2H3,(H,24,27). The minimum absolute atomic E-state index is 0.0708. The number of ether oxygens (including phenoxy) is 2. The summed E-state index contributed by atoms with van der Waals surface area (Å²) < 4.78 is 11.7. The predicted octanol–water partition coefficient (Wildman–Crippen LogP) is 1.79. The van der Waals surface area contributed by atoms with Crippen molar-refractivity contribution in [1.82, 2.24) is 25.1 Å². The van der Waals surface area contributed by atoms with Crippen molar-refractivity contribution < 1.29 is 14.3 Å². The van der Waals surface area contributed by atoms with Crippen LogP contribution in [-0.4, -0.2) is 53.0 Å². The lowest BCUT2D eigenvalue weighted by Crippen LogP contribution is -2.32. The third kappa shape index (κ3) is 3.97. The van der Waals surface area contributed by atoms with Crippen molar-refractivity contribution in [2.45, 2.75) is 12.8 Å². The highest BCUT2D eigenvalue weighted by atomic mass is 16.5. The van der Waals surface area contributed by atoms with Gasteiger partial charge < -0.3 is 14.8 Å². The van der Waals surface area contributed by atoms with E-state index in [0.29, 0.717) is 41.5 Å². The van der Waals surface area contributed by atoms with Crippen molar-refractivity contribution in [3.8, 4) is 22.8 Å². The molecule has 0 spiro atoms. The molecule has 3 aromatic rings. The van der Waals surface area contributed by atoms with Crippen LogP contribution in [-0.2, 0) is 4.74 Å². The van der Waals surface area contributed by atoms with Gasteiger partial charge in [0.25, 0.3) is 11.5 Å². The van der Waals surface area contributed by atoms with Crippen molar-refractivity contribution >= 4 is 5.91 Å².